The second-order valence-corrected chi connectivity index (χ2v) is 4.09. The molecule has 2 heterocycles. The number of rotatable bonds is 5. The van der Waals surface area contributed by atoms with Gasteiger partial charge in [-0.3, -0.25) is 14.5 Å². The third-order valence-corrected chi connectivity index (χ3v) is 2.78. The van der Waals surface area contributed by atoms with Gasteiger partial charge in [0, 0.05) is 31.4 Å². The molecular formula is C13H17N5O. The molecule has 0 bridgehead atoms. The summed E-state index contributed by atoms with van der Waals surface area (Å²) in [6.07, 6.45) is 3.92. The quantitative estimate of drug-likeness (QED) is 0.833. The highest BCUT2D eigenvalue weighted by atomic mass is 16.2. The molecular weight excluding hydrogens is 242 g/mol. The number of hydrogen-bond donors (Lipinski definition) is 2. The van der Waals surface area contributed by atoms with E-state index in [1.165, 1.54) is 6.20 Å². The van der Waals surface area contributed by atoms with Crippen LogP contribution in [0.2, 0.25) is 0 Å². The van der Waals surface area contributed by atoms with E-state index in [1.54, 1.807) is 10.9 Å². The van der Waals surface area contributed by atoms with Gasteiger partial charge in [-0.1, -0.05) is 6.07 Å². The van der Waals surface area contributed by atoms with E-state index in [0.29, 0.717) is 30.9 Å². The molecule has 0 aromatic carbocycles. The maximum Gasteiger partial charge on any atom is 0.271 e. The topological polar surface area (TPSA) is 85.8 Å². The maximum absolute atomic E-state index is 12.0. The molecule has 2 aromatic rings. The van der Waals surface area contributed by atoms with Gasteiger partial charge >= 0.3 is 0 Å². The van der Waals surface area contributed by atoms with Gasteiger partial charge < -0.3 is 11.1 Å². The number of nitrogen functional groups attached to an aromatic ring is 1. The SMILES string of the molecule is CCn1ncc(N)c1C(=O)NCCc1ccccn1. The number of aryl methyl sites for hydroxylation is 1. The molecule has 19 heavy (non-hydrogen) atoms. The zero-order chi connectivity index (χ0) is 13.7. The third kappa shape index (κ3) is 3.09. The minimum absolute atomic E-state index is 0.201. The fourth-order valence-corrected chi connectivity index (χ4v) is 1.82. The molecule has 100 valence electrons. The van der Waals surface area contributed by atoms with E-state index in [2.05, 4.69) is 15.4 Å². The van der Waals surface area contributed by atoms with Crippen LogP contribution >= 0.6 is 0 Å². The van der Waals surface area contributed by atoms with Crippen molar-refractivity contribution in [2.45, 2.75) is 19.9 Å². The zero-order valence-electron chi connectivity index (χ0n) is 10.8. The fraction of sp³-hybridized carbons (Fsp3) is 0.308. The highest BCUT2D eigenvalue weighted by Gasteiger charge is 2.15. The van der Waals surface area contributed by atoms with Crippen LogP contribution in [0.1, 0.15) is 23.1 Å². The first-order chi connectivity index (χ1) is 9.22. The molecule has 2 aromatic heterocycles. The number of nitrogens with zero attached hydrogens (tertiary/aromatic N) is 3. The first-order valence-electron chi connectivity index (χ1n) is 6.21. The van der Waals surface area contributed by atoms with Crippen LogP contribution in [0.4, 0.5) is 5.69 Å². The van der Waals surface area contributed by atoms with Gasteiger partial charge in [-0.2, -0.15) is 5.10 Å². The van der Waals surface area contributed by atoms with Crippen LogP contribution in [0, 0.1) is 0 Å². The van der Waals surface area contributed by atoms with Gasteiger partial charge in [-0.15, -0.1) is 0 Å². The van der Waals surface area contributed by atoms with E-state index in [0.717, 1.165) is 5.69 Å². The Morgan fingerprint density at radius 1 is 1.47 bits per heavy atom. The van der Waals surface area contributed by atoms with Crippen molar-refractivity contribution < 1.29 is 4.79 Å². The molecule has 0 saturated carbocycles. The summed E-state index contributed by atoms with van der Waals surface area (Å²) >= 11 is 0. The second kappa shape index (κ2) is 5.99. The summed E-state index contributed by atoms with van der Waals surface area (Å²) in [5.74, 6) is -0.201. The lowest BCUT2D eigenvalue weighted by molar-refractivity contribution is 0.0944. The molecule has 0 aliphatic heterocycles. The molecule has 0 aliphatic rings. The molecule has 0 radical (unpaired) electrons. The minimum atomic E-state index is -0.201. The van der Waals surface area contributed by atoms with Gasteiger partial charge in [0.25, 0.3) is 5.91 Å². The first kappa shape index (κ1) is 13.1. The van der Waals surface area contributed by atoms with Crippen molar-refractivity contribution in [1.29, 1.82) is 0 Å². The number of amides is 1. The Balaban J connectivity index is 1.93. The monoisotopic (exact) mass is 259 g/mol. The van der Waals surface area contributed by atoms with E-state index in [4.69, 9.17) is 5.73 Å². The standard InChI is InChI=1S/C13H17N5O/c1-2-18-12(11(14)9-17-18)13(19)16-8-6-10-5-3-4-7-15-10/h3-5,7,9H,2,6,8,14H2,1H3,(H,16,19). The molecule has 6 nitrogen and oxygen atoms in total. The van der Waals surface area contributed by atoms with Crippen molar-refractivity contribution in [3.05, 3.63) is 42.0 Å². The smallest absolute Gasteiger partial charge is 0.271 e. The highest BCUT2D eigenvalue weighted by molar-refractivity contribution is 5.97. The summed E-state index contributed by atoms with van der Waals surface area (Å²) in [6, 6.07) is 5.72. The van der Waals surface area contributed by atoms with Crippen molar-refractivity contribution >= 4 is 11.6 Å². The number of nitrogens with two attached hydrogens (primary N) is 1. The van der Waals surface area contributed by atoms with Crippen LogP contribution in [0.5, 0.6) is 0 Å². The summed E-state index contributed by atoms with van der Waals surface area (Å²) in [5, 5.41) is 6.87. The molecule has 3 N–H and O–H groups in total. The predicted molar refractivity (Wildman–Crippen MR) is 72.6 cm³/mol. The van der Waals surface area contributed by atoms with Crippen LogP contribution < -0.4 is 11.1 Å². The fourth-order valence-electron chi connectivity index (χ4n) is 1.82. The van der Waals surface area contributed by atoms with Crippen molar-refractivity contribution in [3.8, 4) is 0 Å². The van der Waals surface area contributed by atoms with Crippen molar-refractivity contribution in [2.75, 3.05) is 12.3 Å². The largest absolute Gasteiger partial charge is 0.396 e. The Kier molecular flexibility index (Phi) is 4.12. The summed E-state index contributed by atoms with van der Waals surface area (Å²) < 4.78 is 1.59. The molecule has 0 saturated heterocycles. The normalized spacial score (nSPS) is 10.4. The summed E-state index contributed by atoms with van der Waals surface area (Å²) in [4.78, 5) is 16.2. The van der Waals surface area contributed by atoms with Crippen LogP contribution in [-0.4, -0.2) is 27.2 Å². The summed E-state index contributed by atoms with van der Waals surface area (Å²) in [7, 11) is 0. The molecule has 0 spiro atoms. The summed E-state index contributed by atoms with van der Waals surface area (Å²) in [6.45, 7) is 3.04. The lowest BCUT2D eigenvalue weighted by Crippen LogP contribution is -2.29. The number of anilines is 1. The minimum Gasteiger partial charge on any atom is -0.396 e. The summed E-state index contributed by atoms with van der Waals surface area (Å²) in [5.41, 5.74) is 7.51. The zero-order valence-corrected chi connectivity index (χ0v) is 10.8. The first-order valence-corrected chi connectivity index (χ1v) is 6.21. The lowest BCUT2D eigenvalue weighted by atomic mass is 10.2. The number of nitrogens with one attached hydrogen (secondary N) is 1. The van der Waals surface area contributed by atoms with E-state index in [9.17, 15) is 4.79 Å². The second-order valence-electron chi connectivity index (χ2n) is 4.09. The Hall–Kier alpha value is -2.37. The van der Waals surface area contributed by atoms with Gasteiger partial charge in [0.05, 0.1) is 11.9 Å². The van der Waals surface area contributed by atoms with Gasteiger partial charge in [0.1, 0.15) is 5.69 Å². The molecule has 0 aliphatic carbocycles. The van der Waals surface area contributed by atoms with Gasteiger partial charge in [-0.25, -0.2) is 0 Å². The Morgan fingerprint density at radius 2 is 2.32 bits per heavy atom. The number of pyridine rings is 1. The van der Waals surface area contributed by atoms with Crippen molar-refractivity contribution in [1.82, 2.24) is 20.1 Å². The number of carbonyl (C=O) groups excluding carboxylic acids is 1. The van der Waals surface area contributed by atoms with Gasteiger partial charge in [0.15, 0.2) is 0 Å². The Labute approximate surface area is 111 Å². The Morgan fingerprint density at radius 3 is 3.00 bits per heavy atom. The molecule has 0 atom stereocenters. The van der Waals surface area contributed by atoms with Gasteiger partial charge in [0.2, 0.25) is 0 Å². The molecule has 0 fully saturated rings. The maximum atomic E-state index is 12.0. The molecule has 1 amide bonds. The molecule has 0 unspecified atom stereocenters. The van der Waals surface area contributed by atoms with Crippen LogP contribution in [0.25, 0.3) is 0 Å². The number of hydrogen-bond acceptors (Lipinski definition) is 4. The molecule has 6 heteroatoms. The average Bonchev–Trinajstić information content (AvgIpc) is 2.81. The lowest BCUT2D eigenvalue weighted by Gasteiger charge is -2.07. The number of aromatic nitrogens is 3. The van der Waals surface area contributed by atoms with Crippen molar-refractivity contribution in [3.63, 3.8) is 0 Å². The van der Waals surface area contributed by atoms with Crippen molar-refractivity contribution in [2.24, 2.45) is 0 Å². The third-order valence-electron chi connectivity index (χ3n) is 2.78. The van der Waals surface area contributed by atoms with Gasteiger partial charge in [-0.05, 0) is 19.1 Å². The predicted octanol–water partition coefficient (Wildman–Crippen LogP) is 0.853. The highest BCUT2D eigenvalue weighted by Crippen LogP contribution is 2.10. The van der Waals surface area contributed by atoms with Crippen LogP contribution in [0.15, 0.2) is 30.6 Å². The van der Waals surface area contributed by atoms with E-state index < -0.39 is 0 Å². The van der Waals surface area contributed by atoms with Crippen LogP contribution in [0.3, 0.4) is 0 Å². The average molecular weight is 259 g/mol. The Bertz CT molecular complexity index is 549. The van der Waals surface area contributed by atoms with Crippen LogP contribution in [-0.2, 0) is 13.0 Å². The molecule has 2 rings (SSSR count). The van der Waals surface area contributed by atoms with E-state index in [-0.39, 0.29) is 5.91 Å². The van der Waals surface area contributed by atoms with E-state index >= 15 is 0 Å². The van der Waals surface area contributed by atoms with E-state index in [1.807, 2.05) is 25.1 Å². The number of carbonyl (C=O) groups is 1.